The summed E-state index contributed by atoms with van der Waals surface area (Å²) in [6.07, 6.45) is 1.71. The highest BCUT2D eigenvalue weighted by atomic mass is 79.9. The van der Waals surface area contributed by atoms with E-state index < -0.39 is 0 Å². The highest BCUT2D eigenvalue weighted by Gasteiger charge is 2.14. The average Bonchev–Trinajstić information content (AvgIpc) is 2.72. The standard InChI is InChI=1S/C7H6BrN3S2/c8-5-3-12-2-4(5)7(9)6-1-10-11-13-6/h1-3,7H,9H2. The Morgan fingerprint density at radius 2 is 2.31 bits per heavy atom. The lowest BCUT2D eigenvalue weighted by atomic mass is 10.1. The summed E-state index contributed by atoms with van der Waals surface area (Å²) >= 11 is 6.41. The van der Waals surface area contributed by atoms with Crippen molar-refractivity contribution in [3.8, 4) is 0 Å². The molecule has 6 heteroatoms. The van der Waals surface area contributed by atoms with Gasteiger partial charge in [-0.05, 0) is 38.4 Å². The van der Waals surface area contributed by atoms with Gasteiger partial charge in [-0.1, -0.05) is 4.49 Å². The number of rotatable bonds is 2. The van der Waals surface area contributed by atoms with E-state index in [-0.39, 0.29) is 6.04 Å². The first-order chi connectivity index (χ1) is 6.29. The lowest BCUT2D eigenvalue weighted by molar-refractivity contribution is 0.889. The molecular weight excluding hydrogens is 270 g/mol. The molecule has 0 saturated carbocycles. The highest BCUT2D eigenvalue weighted by Crippen LogP contribution is 2.30. The van der Waals surface area contributed by atoms with Crippen LogP contribution in [0.1, 0.15) is 16.5 Å². The van der Waals surface area contributed by atoms with E-state index in [1.54, 1.807) is 17.5 Å². The van der Waals surface area contributed by atoms with Crippen molar-refractivity contribution >= 4 is 38.8 Å². The van der Waals surface area contributed by atoms with Gasteiger partial charge in [0.25, 0.3) is 0 Å². The number of aromatic nitrogens is 2. The third-order valence-corrected chi connectivity index (χ3v) is 4.16. The quantitative estimate of drug-likeness (QED) is 0.916. The first kappa shape index (κ1) is 9.26. The summed E-state index contributed by atoms with van der Waals surface area (Å²) in [7, 11) is 0. The number of nitrogens with two attached hydrogens (primary N) is 1. The van der Waals surface area contributed by atoms with Gasteiger partial charge in [-0.2, -0.15) is 11.3 Å². The molecule has 0 bridgehead atoms. The van der Waals surface area contributed by atoms with Gasteiger partial charge in [0, 0.05) is 9.85 Å². The van der Waals surface area contributed by atoms with Crippen LogP contribution in [-0.4, -0.2) is 9.59 Å². The fraction of sp³-hybridized carbons (Fsp3) is 0.143. The minimum Gasteiger partial charge on any atom is -0.319 e. The lowest BCUT2D eigenvalue weighted by Gasteiger charge is -2.06. The van der Waals surface area contributed by atoms with Gasteiger partial charge in [-0.3, -0.25) is 0 Å². The molecule has 0 radical (unpaired) electrons. The van der Waals surface area contributed by atoms with Crippen LogP contribution >= 0.6 is 38.8 Å². The molecule has 2 N–H and O–H groups in total. The lowest BCUT2D eigenvalue weighted by Crippen LogP contribution is -2.09. The first-order valence-corrected chi connectivity index (χ1v) is 6.04. The Labute approximate surface area is 91.9 Å². The molecule has 0 saturated heterocycles. The number of nitrogens with zero attached hydrogens (tertiary/aromatic N) is 2. The monoisotopic (exact) mass is 275 g/mol. The Kier molecular flexibility index (Phi) is 2.73. The number of thiophene rings is 1. The predicted molar refractivity (Wildman–Crippen MR) is 58.0 cm³/mol. The maximum atomic E-state index is 6.01. The van der Waals surface area contributed by atoms with Crippen molar-refractivity contribution in [1.82, 2.24) is 9.59 Å². The second-order valence-corrected chi connectivity index (χ2v) is 4.89. The van der Waals surface area contributed by atoms with E-state index in [2.05, 4.69) is 25.5 Å². The molecule has 0 aliphatic carbocycles. The van der Waals surface area contributed by atoms with Crippen molar-refractivity contribution in [3.05, 3.63) is 31.9 Å². The van der Waals surface area contributed by atoms with Crippen LogP contribution in [0, 0.1) is 0 Å². The molecule has 13 heavy (non-hydrogen) atoms. The molecule has 68 valence electrons. The Morgan fingerprint density at radius 3 is 2.85 bits per heavy atom. The molecule has 0 aliphatic heterocycles. The zero-order valence-electron chi connectivity index (χ0n) is 6.48. The van der Waals surface area contributed by atoms with Crippen molar-refractivity contribution in [2.75, 3.05) is 0 Å². The normalized spacial score (nSPS) is 13.1. The van der Waals surface area contributed by atoms with Crippen LogP contribution in [0.25, 0.3) is 0 Å². The zero-order valence-corrected chi connectivity index (χ0v) is 9.69. The Bertz CT molecular complexity index is 384. The fourth-order valence-corrected chi connectivity index (χ4v) is 3.08. The number of hydrogen-bond donors (Lipinski definition) is 1. The molecule has 2 aromatic heterocycles. The van der Waals surface area contributed by atoms with E-state index in [4.69, 9.17) is 5.73 Å². The molecule has 3 nitrogen and oxygen atoms in total. The molecule has 2 heterocycles. The smallest absolute Gasteiger partial charge is 0.0697 e. The van der Waals surface area contributed by atoms with Crippen LogP contribution in [0.4, 0.5) is 0 Å². The average molecular weight is 276 g/mol. The summed E-state index contributed by atoms with van der Waals surface area (Å²) in [5, 5.41) is 7.81. The summed E-state index contributed by atoms with van der Waals surface area (Å²) < 4.78 is 4.84. The summed E-state index contributed by atoms with van der Waals surface area (Å²) in [5.41, 5.74) is 7.11. The van der Waals surface area contributed by atoms with Gasteiger partial charge in [0.1, 0.15) is 0 Å². The molecule has 1 unspecified atom stereocenters. The molecule has 0 aliphatic rings. The third kappa shape index (κ3) is 1.80. The number of hydrogen-bond acceptors (Lipinski definition) is 5. The van der Waals surface area contributed by atoms with Crippen LogP contribution in [-0.2, 0) is 0 Å². The van der Waals surface area contributed by atoms with Crippen molar-refractivity contribution in [2.45, 2.75) is 6.04 Å². The van der Waals surface area contributed by atoms with Crippen LogP contribution in [0.15, 0.2) is 21.4 Å². The van der Waals surface area contributed by atoms with E-state index >= 15 is 0 Å². The van der Waals surface area contributed by atoms with Gasteiger partial charge in [0.05, 0.1) is 17.1 Å². The third-order valence-electron chi connectivity index (χ3n) is 1.66. The SMILES string of the molecule is NC(c1cnns1)c1cscc1Br. The Hall–Kier alpha value is -0.300. The summed E-state index contributed by atoms with van der Waals surface area (Å²) in [4.78, 5) is 0.985. The second kappa shape index (κ2) is 3.83. The predicted octanol–water partition coefficient (Wildman–Crippen LogP) is 2.41. The maximum Gasteiger partial charge on any atom is 0.0697 e. The van der Waals surface area contributed by atoms with Crippen molar-refractivity contribution in [1.29, 1.82) is 0 Å². The molecule has 0 spiro atoms. The minimum atomic E-state index is -0.111. The van der Waals surface area contributed by atoms with Crippen molar-refractivity contribution in [3.63, 3.8) is 0 Å². The van der Waals surface area contributed by atoms with Gasteiger partial charge in [0.2, 0.25) is 0 Å². The topological polar surface area (TPSA) is 51.8 Å². The molecular formula is C7H6BrN3S2. The molecule has 2 aromatic rings. The zero-order chi connectivity index (χ0) is 9.26. The van der Waals surface area contributed by atoms with E-state index in [0.29, 0.717) is 0 Å². The molecule has 0 fully saturated rings. The van der Waals surface area contributed by atoms with Gasteiger partial charge in [0.15, 0.2) is 0 Å². The van der Waals surface area contributed by atoms with Crippen molar-refractivity contribution in [2.24, 2.45) is 5.73 Å². The second-order valence-electron chi connectivity index (χ2n) is 2.47. The van der Waals surface area contributed by atoms with E-state index in [0.717, 1.165) is 14.9 Å². The van der Waals surface area contributed by atoms with Crippen LogP contribution in [0.2, 0.25) is 0 Å². The Balaban J connectivity index is 2.33. The molecule has 1 atom stereocenters. The van der Waals surface area contributed by atoms with E-state index in [9.17, 15) is 0 Å². The van der Waals surface area contributed by atoms with Crippen LogP contribution < -0.4 is 5.73 Å². The van der Waals surface area contributed by atoms with Crippen molar-refractivity contribution < 1.29 is 0 Å². The van der Waals surface area contributed by atoms with Crippen LogP contribution in [0.5, 0.6) is 0 Å². The maximum absolute atomic E-state index is 6.01. The molecule has 0 amide bonds. The summed E-state index contributed by atoms with van der Waals surface area (Å²) in [6.45, 7) is 0. The van der Waals surface area contributed by atoms with Gasteiger partial charge in [-0.15, -0.1) is 5.10 Å². The Morgan fingerprint density at radius 1 is 1.46 bits per heavy atom. The highest BCUT2D eigenvalue weighted by molar-refractivity contribution is 9.10. The first-order valence-electron chi connectivity index (χ1n) is 3.53. The van der Waals surface area contributed by atoms with E-state index in [1.165, 1.54) is 11.5 Å². The van der Waals surface area contributed by atoms with E-state index in [1.807, 2.05) is 10.8 Å². The largest absolute Gasteiger partial charge is 0.319 e. The van der Waals surface area contributed by atoms with Gasteiger partial charge < -0.3 is 5.73 Å². The van der Waals surface area contributed by atoms with Crippen LogP contribution in [0.3, 0.4) is 0 Å². The summed E-state index contributed by atoms with van der Waals surface area (Å²) in [5.74, 6) is 0. The fourth-order valence-electron chi connectivity index (χ4n) is 0.978. The van der Waals surface area contributed by atoms with Gasteiger partial charge >= 0.3 is 0 Å². The number of halogens is 1. The summed E-state index contributed by atoms with van der Waals surface area (Å²) in [6, 6.07) is -0.111. The minimum absolute atomic E-state index is 0.111. The van der Waals surface area contributed by atoms with Gasteiger partial charge in [-0.25, -0.2) is 0 Å². The molecule has 0 aromatic carbocycles. The molecule has 2 rings (SSSR count).